The zero-order chi connectivity index (χ0) is 10.5. The summed E-state index contributed by atoms with van der Waals surface area (Å²) in [5.74, 6) is 0. The van der Waals surface area contributed by atoms with E-state index >= 15 is 0 Å². The van der Waals surface area contributed by atoms with Crippen molar-refractivity contribution in [3.63, 3.8) is 0 Å². The van der Waals surface area contributed by atoms with Gasteiger partial charge in [-0.1, -0.05) is 0 Å². The van der Waals surface area contributed by atoms with Crippen molar-refractivity contribution in [2.75, 3.05) is 0 Å². The van der Waals surface area contributed by atoms with E-state index in [-0.39, 0.29) is 24.7 Å². The van der Waals surface area contributed by atoms with Crippen LogP contribution in [0.3, 0.4) is 0 Å². The smallest absolute Gasteiger partial charge is 0.412 e. The van der Waals surface area contributed by atoms with Crippen molar-refractivity contribution in [3.05, 3.63) is 24.7 Å². The van der Waals surface area contributed by atoms with Gasteiger partial charge in [-0.3, -0.25) is 0 Å². The van der Waals surface area contributed by atoms with Gasteiger partial charge < -0.3 is 4.74 Å². The van der Waals surface area contributed by atoms with Gasteiger partial charge in [-0.15, -0.1) is 0 Å². The number of hydrogen-bond acceptors (Lipinski definition) is 1. The van der Waals surface area contributed by atoms with Crippen molar-refractivity contribution >= 4 is 0 Å². The molecule has 1 nitrogen and oxygen atoms in total. The summed E-state index contributed by atoms with van der Waals surface area (Å²) < 4.78 is 71.6. The molecule has 0 aliphatic rings. The van der Waals surface area contributed by atoms with Gasteiger partial charge in [-0.25, -0.2) is 0 Å². The number of rotatable bonds is 2. The van der Waals surface area contributed by atoms with Gasteiger partial charge in [0.05, 0.1) is 24.7 Å². The van der Waals surface area contributed by atoms with Gasteiger partial charge >= 0.3 is 12.4 Å². The molecule has 0 saturated heterocycles. The van der Waals surface area contributed by atoms with Crippen LogP contribution < -0.4 is 0 Å². The molecular formula is C6H4F6O. The molecule has 0 aromatic carbocycles. The van der Waals surface area contributed by atoms with Gasteiger partial charge in [0, 0.05) is 0 Å². The second-order valence-electron chi connectivity index (χ2n) is 1.82. The monoisotopic (exact) mass is 206 g/mol. The zero-order valence-electron chi connectivity index (χ0n) is 5.99. The summed E-state index contributed by atoms with van der Waals surface area (Å²) in [6, 6.07) is 0. The predicted octanol–water partition coefficient (Wildman–Crippen LogP) is 3.16. The van der Waals surface area contributed by atoms with E-state index < -0.39 is 12.4 Å². The van der Waals surface area contributed by atoms with Crippen LogP contribution in [0.4, 0.5) is 26.3 Å². The molecule has 0 amide bonds. The van der Waals surface area contributed by atoms with Crippen LogP contribution in [0.5, 0.6) is 0 Å². The Hall–Kier alpha value is -1.14. The molecule has 0 atom stereocenters. The van der Waals surface area contributed by atoms with Crippen LogP contribution in [0.15, 0.2) is 24.7 Å². The minimum Gasteiger partial charge on any atom is -0.473 e. The van der Waals surface area contributed by atoms with E-state index in [9.17, 15) is 26.3 Å². The fourth-order valence-electron chi connectivity index (χ4n) is 0.278. The topological polar surface area (TPSA) is 9.23 Å². The number of halogens is 6. The lowest BCUT2D eigenvalue weighted by molar-refractivity contribution is -0.0818. The minimum atomic E-state index is -4.59. The summed E-state index contributed by atoms with van der Waals surface area (Å²) in [5.41, 5.74) is 0. The van der Waals surface area contributed by atoms with E-state index in [1.807, 2.05) is 0 Å². The standard InChI is InChI=1S/C6H4F6O/c7-5(8,9)1-3-13-4-2-6(10,11)12/h1-4H/b3-1-,4-2-. The Balaban J connectivity index is 3.81. The quantitative estimate of drug-likeness (QED) is 0.498. The van der Waals surface area contributed by atoms with Crippen LogP contribution in [0.1, 0.15) is 0 Å². The third-order valence-electron chi connectivity index (χ3n) is 0.671. The van der Waals surface area contributed by atoms with Crippen LogP contribution in [0.2, 0.25) is 0 Å². The molecule has 0 heterocycles. The van der Waals surface area contributed by atoms with Crippen molar-refractivity contribution in [3.8, 4) is 0 Å². The molecule has 0 rings (SSSR count). The minimum absolute atomic E-state index is 0.113. The fraction of sp³-hybridized carbons (Fsp3) is 0.333. The molecule has 13 heavy (non-hydrogen) atoms. The first-order valence-corrected chi connectivity index (χ1v) is 2.85. The summed E-state index contributed by atoms with van der Waals surface area (Å²) in [6.07, 6.45) is -9.61. The lowest BCUT2D eigenvalue weighted by Crippen LogP contribution is -2.01. The summed E-state index contributed by atoms with van der Waals surface area (Å²) in [6.45, 7) is 0. The van der Waals surface area contributed by atoms with E-state index in [1.165, 1.54) is 0 Å². The Morgan fingerprint density at radius 1 is 0.692 bits per heavy atom. The lowest BCUT2D eigenvalue weighted by Gasteiger charge is -1.98. The Labute approximate surface area is 69.3 Å². The molecule has 76 valence electrons. The molecule has 0 aliphatic carbocycles. The third-order valence-corrected chi connectivity index (χ3v) is 0.671. The van der Waals surface area contributed by atoms with Gasteiger partial charge in [-0.05, 0) is 0 Å². The highest BCUT2D eigenvalue weighted by molar-refractivity contribution is 4.87. The molecule has 0 fully saturated rings. The van der Waals surface area contributed by atoms with Crippen molar-refractivity contribution in [2.24, 2.45) is 0 Å². The maximum atomic E-state index is 11.3. The summed E-state index contributed by atoms with van der Waals surface area (Å²) in [5, 5.41) is 0. The summed E-state index contributed by atoms with van der Waals surface area (Å²) >= 11 is 0. The maximum Gasteiger partial charge on any atom is 0.412 e. The first-order chi connectivity index (χ1) is 5.71. The number of alkyl halides is 6. The van der Waals surface area contributed by atoms with Gasteiger partial charge in [0.2, 0.25) is 0 Å². The molecule has 0 aromatic heterocycles. The average molecular weight is 206 g/mol. The van der Waals surface area contributed by atoms with Crippen LogP contribution in [-0.2, 0) is 4.74 Å². The van der Waals surface area contributed by atoms with E-state index in [1.54, 1.807) is 0 Å². The van der Waals surface area contributed by atoms with E-state index in [4.69, 9.17) is 0 Å². The van der Waals surface area contributed by atoms with Gasteiger partial charge in [-0.2, -0.15) is 26.3 Å². The third kappa shape index (κ3) is 10.9. The largest absolute Gasteiger partial charge is 0.473 e. The maximum absolute atomic E-state index is 11.3. The summed E-state index contributed by atoms with van der Waals surface area (Å²) in [4.78, 5) is 0. The second-order valence-corrected chi connectivity index (χ2v) is 1.82. The molecule has 0 radical (unpaired) electrons. The van der Waals surface area contributed by atoms with Gasteiger partial charge in [0.25, 0.3) is 0 Å². The van der Waals surface area contributed by atoms with E-state index in [0.29, 0.717) is 0 Å². The zero-order valence-corrected chi connectivity index (χ0v) is 5.99. The highest BCUT2D eigenvalue weighted by atomic mass is 19.4. The van der Waals surface area contributed by atoms with Gasteiger partial charge in [0.1, 0.15) is 0 Å². The van der Waals surface area contributed by atoms with Crippen molar-refractivity contribution in [1.82, 2.24) is 0 Å². The number of ether oxygens (including phenoxy) is 1. The second kappa shape index (κ2) is 4.20. The molecule has 0 N–H and O–H groups in total. The summed E-state index contributed by atoms with van der Waals surface area (Å²) in [7, 11) is 0. The van der Waals surface area contributed by atoms with Gasteiger partial charge in [0.15, 0.2) is 0 Å². The predicted molar refractivity (Wildman–Crippen MR) is 31.5 cm³/mol. The molecule has 7 heteroatoms. The van der Waals surface area contributed by atoms with Crippen LogP contribution in [0, 0.1) is 0 Å². The molecule has 0 aromatic rings. The van der Waals surface area contributed by atoms with Crippen LogP contribution in [0.25, 0.3) is 0 Å². The fourth-order valence-corrected chi connectivity index (χ4v) is 0.278. The van der Waals surface area contributed by atoms with E-state index in [2.05, 4.69) is 4.74 Å². The average Bonchev–Trinajstić information content (AvgIpc) is 1.81. The number of hydrogen-bond donors (Lipinski definition) is 0. The SMILES string of the molecule is FC(F)(F)/C=C\O/C=C\C(F)(F)F. The molecule has 0 aliphatic heterocycles. The molecule has 0 bridgehead atoms. The first kappa shape index (κ1) is 11.9. The van der Waals surface area contributed by atoms with Crippen molar-refractivity contribution in [1.29, 1.82) is 0 Å². The van der Waals surface area contributed by atoms with Crippen molar-refractivity contribution < 1.29 is 31.1 Å². The normalized spacial score (nSPS) is 14.3. The lowest BCUT2D eigenvalue weighted by atomic mass is 10.6. The highest BCUT2D eigenvalue weighted by Crippen LogP contribution is 2.17. The van der Waals surface area contributed by atoms with E-state index in [0.717, 1.165) is 0 Å². The first-order valence-electron chi connectivity index (χ1n) is 2.85. The Morgan fingerprint density at radius 2 is 1.00 bits per heavy atom. The molecule has 0 unspecified atom stereocenters. The van der Waals surface area contributed by atoms with Crippen molar-refractivity contribution in [2.45, 2.75) is 12.4 Å². The Bertz CT molecular complexity index is 176. The molecule has 0 spiro atoms. The number of allylic oxidation sites excluding steroid dienone is 2. The Kier molecular flexibility index (Phi) is 3.83. The Morgan fingerprint density at radius 3 is 1.23 bits per heavy atom. The molecular weight excluding hydrogens is 202 g/mol. The highest BCUT2D eigenvalue weighted by Gasteiger charge is 2.23. The molecule has 0 saturated carbocycles. The van der Waals surface area contributed by atoms with Crippen LogP contribution >= 0.6 is 0 Å². The van der Waals surface area contributed by atoms with Crippen LogP contribution in [-0.4, -0.2) is 12.4 Å².